The molecule has 2 N–H and O–H groups in total. The lowest BCUT2D eigenvalue weighted by Crippen LogP contribution is -2.42. The fourth-order valence-electron chi connectivity index (χ4n) is 1.77. The van der Waals surface area contributed by atoms with Gasteiger partial charge in [-0.05, 0) is 30.2 Å². The molecule has 0 radical (unpaired) electrons. The molecule has 98 valence electrons. The van der Waals surface area contributed by atoms with Crippen LogP contribution in [0.1, 0.15) is 5.56 Å². The van der Waals surface area contributed by atoms with Crippen LogP contribution in [0.2, 0.25) is 10.0 Å². The van der Waals surface area contributed by atoms with Gasteiger partial charge in [0.1, 0.15) is 0 Å². The number of carbonyl (C=O) groups excluding carboxylic acids is 1. The number of thioether (sulfide) groups is 1. The molecule has 1 unspecified atom stereocenters. The lowest BCUT2D eigenvalue weighted by Gasteiger charge is -2.10. The van der Waals surface area contributed by atoms with Gasteiger partial charge in [0.25, 0.3) is 0 Å². The van der Waals surface area contributed by atoms with E-state index in [-0.39, 0.29) is 11.9 Å². The molecule has 2 rings (SSSR count). The lowest BCUT2D eigenvalue weighted by molar-refractivity contribution is -0.122. The van der Waals surface area contributed by atoms with Crippen molar-refractivity contribution < 1.29 is 4.79 Å². The smallest absolute Gasteiger partial charge is 0.238 e. The fourth-order valence-corrected chi connectivity index (χ4v) is 3.29. The van der Waals surface area contributed by atoms with E-state index in [4.69, 9.17) is 23.2 Å². The number of rotatable bonds is 4. The highest BCUT2D eigenvalue weighted by Crippen LogP contribution is 2.19. The summed E-state index contributed by atoms with van der Waals surface area (Å²) >= 11 is 13.6. The second-order valence-electron chi connectivity index (χ2n) is 4.09. The molecule has 1 aromatic rings. The standard InChI is InChI=1S/C12H14Cl2N2OS/c13-9-3-8(4-10(14)5-9)1-2-15-12(17)11-6-18-7-16-11/h3-5,11,16H,1-2,6-7H2,(H,15,17). The van der Waals surface area contributed by atoms with E-state index < -0.39 is 0 Å². The Morgan fingerprint density at radius 3 is 2.72 bits per heavy atom. The predicted molar refractivity (Wildman–Crippen MR) is 77.4 cm³/mol. The van der Waals surface area contributed by atoms with Gasteiger partial charge in [-0.2, -0.15) is 0 Å². The Bertz CT molecular complexity index is 416. The van der Waals surface area contributed by atoms with Crippen molar-refractivity contribution >= 4 is 40.9 Å². The number of carbonyl (C=O) groups is 1. The predicted octanol–water partition coefficient (Wildman–Crippen LogP) is 2.31. The van der Waals surface area contributed by atoms with Gasteiger partial charge in [-0.15, -0.1) is 11.8 Å². The third-order valence-electron chi connectivity index (χ3n) is 2.67. The zero-order valence-corrected chi connectivity index (χ0v) is 12.0. The van der Waals surface area contributed by atoms with Crippen LogP contribution in [0.25, 0.3) is 0 Å². The average molecular weight is 305 g/mol. The van der Waals surface area contributed by atoms with Gasteiger partial charge in [0.15, 0.2) is 0 Å². The first-order valence-electron chi connectivity index (χ1n) is 5.69. The van der Waals surface area contributed by atoms with Crippen molar-refractivity contribution in [2.24, 2.45) is 0 Å². The number of nitrogens with one attached hydrogen (secondary N) is 2. The topological polar surface area (TPSA) is 41.1 Å². The molecule has 3 nitrogen and oxygen atoms in total. The molecule has 0 aromatic heterocycles. The Balaban J connectivity index is 1.79. The van der Waals surface area contributed by atoms with E-state index in [9.17, 15) is 4.79 Å². The molecule has 0 spiro atoms. The fraction of sp³-hybridized carbons (Fsp3) is 0.417. The number of amides is 1. The van der Waals surface area contributed by atoms with Crippen molar-refractivity contribution in [3.05, 3.63) is 33.8 Å². The van der Waals surface area contributed by atoms with Crippen molar-refractivity contribution in [2.75, 3.05) is 18.2 Å². The maximum absolute atomic E-state index is 11.7. The minimum atomic E-state index is -0.0575. The lowest BCUT2D eigenvalue weighted by atomic mass is 10.1. The molecule has 0 aliphatic carbocycles. The van der Waals surface area contributed by atoms with Gasteiger partial charge >= 0.3 is 0 Å². The van der Waals surface area contributed by atoms with Crippen molar-refractivity contribution in [3.63, 3.8) is 0 Å². The highest BCUT2D eigenvalue weighted by Gasteiger charge is 2.21. The van der Waals surface area contributed by atoms with Gasteiger partial charge in [-0.3, -0.25) is 10.1 Å². The molecule has 0 saturated carbocycles. The molecule has 1 aliphatic rings. The molecule has 0 bridgehead atoms. The first-order chi connectivity index (χ1) is 8.65. The second kappa shape index (κ2) is 6.66. The normalized spacial score (nSPS) is 18.9. The van der Waals surface area contributed by atoms with Crippen molar-refractivity contribution in [1.82, 2.24) is 10.6 Å². The molecule has 1 atom stereocenters. The van der Waals surface area contributed by atoms with Crippen LogP contribution < -0.4 is 10.6 Å². The van der Waals surface area contributed by atoms with Crippen LogP contribution in [0.15, 0.2) is 18.2 Å². The summed E-state index contributed by atoms with van der Waals surface area (Å²) in [4.78, 5) is 11.7. The van der Waals surface area contributed by atoms with Gasteiger partial charge in [-0.25, -0.2) is 0 Å². The van der Waals surface area contributed by atoms with Crippen molar-refractivity contribution in [1.29, 1.82) is 0 Å². The van der Waals surface area contributed by atoms with Crippen molar-refractivity contribution in [3.8, 4) is 0 Å². The van der Waals surface area contributed by atoms with Gasteiger partial charge in [0.05, 0.1) is 6.04 Å². The van der Waals surface area contributed by atoms with Gasteiger partial charge in [-0.1, -0.05) is 23.2 Å². The molecular weight excluding hydrogens is 291 g/mol. The Labute approximate surface area is 121 Å². The summed E-state index contributed by atoms with van der Waals surface area (Å²) in [7, 11) is 0. The first kappa shape index (κ1) is 14.0. The second-order valence-corrected chi connectivity index (χ2v) is 5.99. The molecule has 6 heteroatoms. The molecular formula is C12H14Cl2N2OS. The van der Waals surface area contributed by atoms with Gasteiger partial charge in [0.2, 0.25) is 5.91 Å². The zero-order chi connectivity index (χ0) is 13.0. The number of hydrogen-bond acceptors (Lipinski definition) is 3. The average Bonchev–Trinajstić information content (AvgIpc) is 2.80. The Morgan fingerprint density at radius 2 is 2.11 bits per heavy atom. The van der Waals surface area contributed by atoms with Crippen LogP contribution in [-0.2, 0) is 11.2 Å². The molecule has 1 heterocycles. The minimum absolute atomic E-state index is 0.0575. The van der Waals surface area contributed by atoms with E-state index in [0.29, 0.717) is 16.6 Å². The molecule has 1 aromatic carbocycles. The highest BCUT2D eigenvalue weighted by molar-refractivity contribution is 7.99. The molecule has 18 heavy (non-hydrogen) atoms. The summed E-state index contributed by atoms with van der Waals surface area (Å²) in [6.45, 7) is 0.596. The Hall–Kier alpha value is -0.420. The van der Waals surface area contributed by atoms with Crippen LogP contribution in [0, 0.1) is 0 Å². The molecule has 1 aliphatic heterocycles. The van der Waals surface area contributed by atoms with Crippen LogP contribution in [-0.4, -0.2) is 30.1 Å². The molecule has 1 saturated heterocycles. The van der Waals surface area contributed by atoms with Crippen LogP contribution in [0.3, 0.4) is 0 Å². The Kier molecular flexibility index (Phi) is 5.18. The molecule has 1 fully saturated rings. The van der Waals surface area contributed by atoms with E-state index in [1.54, 1.807) is 17.8 Å². The summed E-state index contributed by atoms with van der Waals surface area (Å²) in [5.74, 6) is 1.75. The van der Waals surface area contributed by atoms with Crippen LogP contribution in [0.5, 0.6) is 0 Å². The van der Waals surface area contributed by atoms with Gasteiger partial charge in [0, 0.05) is 28.2 Å². The third kappa shape index (κ3) is 4.05. The van der Waals surface area contributed by atoms with E-state index in [0.717, 1.165) is 23.6 Å². The van der Waals surface area contributed by atoms with E-state index in [1.807, 2.05) is 12.1 Å². The van der Waals surface area contributed by atoms with Crippen LogP contribution >= 0.6 is 35.0 Å². The van der Waals surface area contributed by atoms with E-state index in [1.165, 1.54) is 0 Å². The maximum atomic E-state index is 11.7. The summed E-state index contributed by atoms with van der Waals surface area (Å²) in [5.41, 5.74) is 1.03. The SMILES string of the molecule is O=C(NCCc1cc(Cl)cc(Cl)c1)C1CSCN1. The zero-order valence-electron chi connectivity index (χ0n) is 9.71. The maximum Gasteiger partial charge on any atom is 0.238 e. The monoisotopic (exact) mass is 304 g/mol. The summed E-state index contributed by atoms with van der Waals surface area (Å²) in [6, 6.07) is 5.37. The number of halogens is 2. The first-order valence-corrected chi connectivity index (χ1v) is 7.60. The minimum Gasteiger partial charge on any atom is -0.354 e. The highest BCUT2D eigenvalue weighted by atomic mass is 35.5. The third-order valence-corrected chi connectivity index (χ3v) is 4.04. The van der Waals surface area contributed by atoms with E-state index in [2.05, 4.69) is 10.6 Å². The number of hydrogen-bond donors (Lipinski definition) is 2. The van der Waals surface area contributed by atoms with Crippen LogP contribution in [0.4, 0.5) is 0 Å². The number of benzene rings is 1. The summed E-state index contributed by atoms with van der Waals surface area (Å²) in [6.07, 6.45) is 0.728. The largest absolute Gasteiger partial charge is 0.354 e. The van der Waals surface area contributed by atoms with Crippen molar-refractivity contribution in [2.45, 2.75) is 12.5 Å². The summed E-state index contributed by atoms with van der Waals surface area (Å²) in [5, 5.41) is 7.29. The molecule has 1 amide bonds. The van der Waals surface area contributed by atoms with E-state index >= 15 is 0 Å². The van der Waals surface area contributed by atoms with Gasteiger partial charge < -0.3 is 5.32 Å². The quantitative estimate of drug-likeness (QED) is 0.897. The Morgan fingerprint density at radius 1 is 1.39 bits per heavy atom. The summed E-state index contributed by atoms with van der Waals surface area (Å²) < 4.78 is 0.